The number of hydrogen-bond donors (Lipinski definition) is 1. The van der Waals surface area contributed by atoms with Gasteiger partial charge in [0, 0.05) is 18.4 Å². The van der Waals surface area contributed by atoms with Gasteiger partial charge < -0.3 is 15.0 Å². The van der Waals surface area contributed by atoms with Crippen LogP contribution in [0.3, 0.4) is 0 Å². The number of nitrogens with zero attached hydrogens (tertiary/aromatic N) is 1. The number of rotatable bonds is 4. The molecule has 0 aromatic rings. The van der Waals surface area contributed by atoms with Crippen LogP contribution in [0.2, 0.25) is 0 Å². The molecule has 1 saturated carbocycles. The highest BCUT2D eigenvalue weighted by atomic mass is 16.5. The predicted molar refractivity (Wildman–Crippen MR) is 94.5 cm³/mol. The monoisotopic (exact) mass is 352 g/mol. The second-order valence-electron chi connectivity index (χ2n) is 9.37. The highest BCUT2D eigenvalue weighted by molar-refractivity contribution is 5.92. The molecule has 1 N–H and O–H groups in total. The number of carbonyl (C=O) groups excluding carboxylic acids is 3. The number of likely N-dealkylation sites (tertiary alicyclic amines) is 1. The van der Waals surface area contributed by atoms with Crippen LogP contribution in [-0.4, -0.2) is 48.4 Å². The number of hydrogen-bond acceptors (Lipinski definition) is 4. The van der Waals surface area contributed by atoms with Gasteiger partial charge in [0.05, 0.1) is 7.11 Å². The van der Waals surface area contributed by atoms with Gasteiger partial charge in [-0.15, -0.1) is 0 Å². The number of piperidine rings is 1. The van der Waals surface area contributed by atoms with E-state index in [2.05, 4.69) is 19.2 Å². The lowest BCUT2D eigenvalue weighted by Gasteiger charge is -2.37. The van der Waals surface area contributed by atoms with Gasteiger partial charge in [-0.05, 0) is 16.7 Å². The summed E-state index contributed by atoms with van der Waals surface area (Å²) in [5.74, 6) is -0.492. The van der Waals surface area contributed by atoms with E-state index in [1.807, 2.05) is 20.8 Å². The average molecular weight is 352 g/mol. The zero-order chi connectivity index (χ0) is 19.3. The molecule has 0 radical (unpaired) electrons. The summed E-state index contributed by atoms with van der Waals surface area (Å²) < 4.78 is 4.97. The van der Waals surface area contributed by atoms with Gasteiger partial charge in [-0.3, -0.25) is 9.59 Å². The first-order valence-electron chi connectivity index (χ1n) is 9.02. The van der Waals surface area contributed by atoms with Crippen LogP contribution in [-0.2, 0) is 19.1 Å². The number of nitrogens with one attached hydrogen (secondary N) is 1. The SMILES string of the molecule is COC(=O)[C@@H]1[C@@H]2[C@H](CN1C(=O)[C@@H](NC(=O)C(C)C)C(C)(C)C)C2(C)C. The summed E-state index contributed by atoms with van der Waals surface area (Å²) in [5, 5.41) is 2.88. The molecule has 2 aliphatic rings. The maximum atomic E-state index is 13.3. The predicted octanol–water partition coefficient (Wildman–Crippen LogP) is 1.83. The quantitative estimate of drug-likeness (QED) is 0.783. The summed E-state index contributed by atoms with van der Waals surface area (Å²) in [7, 11) is 1.36. The van der Waals surface area contributed by atoms with E-state index in [9.17, 15) is 14.4 Å². The standard InChI is InChI=1S/C19H32N2O4/c1-10(2)15(22)20-14(18(3,4)5)16(23)21-9-11-12(19(11,6)7)13(21)17(24)25-8/h10-14H,9H2,1-8H3,(H,20,22)/t11-,12-,13-,14+/m0/s1. The molecule has 0 aromatic carbocycles. The van der Waals surface area contributed by atoms with Crippen LogP contribution in [0.1, 0.15) is 48.5 Å². The Morgan fingerprint density at radius 2 is 1.76 bits per heavy atom. The van der Waals surface area contributed by atoms with Crippen molar-refractivity contribution in [3.63, 3.8) is 0 Å². The van der Waals surface area contributed by atoms with E-state index in [-0.39, 0.29) is 35.0 Å². The van der Waals surface area contributed by atoms with Crippen molar-refractivity contribution in [1.29, 1.82) is 0 Å². The van der Waals surface area contributed by atoms with Crippen LogP contribution in [0, 0.1) is 28.6 Å². The smallest absolute Gasteiger partial charge is 0.328 e. The van der Waals surface area contributed by atoms with Gasteiger partial charge in [-0.25, -0.2) is 4.79 Å². The van der Waals surface area contributed by atoms with Crippen molar-refractivity contribution >= 4 is 17.8 Å². The van der Waals surface area contributed by atoms with Crippen LogP contribution >= 0.6 is 0 Å². The highest BCUT2D eigenvalue weighted by Gasteiger charge is 2.70. The van der Waals surface area contributed by atoms with Gasteiger partial charge in [0.1, 0.15) is 12.1 Å². The maximum Gasteiger partial charge on any atom is 0.328 e. The lowest BCUT2D eigenvalue weighted by molar-refractivity contribution is -0.155. The van der Waals surface area contributed by atoms with Crippen molar-refractivity contribution in [3.05, 3.63) is 0 Å². The van der Waals surface area contributed by atoms with E-state index in [0.717, 1.165) is 0 Å². The van der Waals surface area contributed by atoms with Crippen molar-refractivity contribution in [2.75, 3.05) is 13.7 Å². The fourth-order valence-corrected chi connectivity index (χ4v) is 4.03. The van der Waals surface area contributed by atoms with Crippen molar-refractivity contribution in [2.45, 2.75) is 60.5 Å². The Hall–Kier alpha value is -1.59. The van der Waals surface area contributed by atoms with E-state index in [1.165, 1.54) is 7.11 Å². The first-order valence-corrected chi connectivity index (χ1v) is 9.02. The van der Waals surface area contributed by atoms with E-state index < -0.39 is 17.5 Å². The fraction of sp³-hybridized carbons (Fsp3) is 0.842. The molecule has 4 atom stereocenters. The molecule has 1 saturated heterocycles. The third-order valence-corrected chi connectivity index (χ3v) is 5.86. The molecule has 2 amide bonds. The van der Waals surface area contributed by atoms with Crippen LogP contribution < -0.4 is 5.32 Å². The molecular formula is C19H32N2O4. The molecule has 2 rings (SSSR count). The number of amides is 2. The number of methoxy groups -OCH3 is 1. The Balaban J connectivity index is 2.26. The Morgan fingerprint density at radius 3 is 2.20 bits per heavy atom. The largest absolute Gasteiger partial charge is 0.467 e. The molecule has 6 nitrogen and oxygen atoms in total. The van der Waals surface area contributed by atoms with Gasteiger partial charge in [-0.2, -0.15) is 0 Å². The van der Waals surface area contributed by atoms with E-state index in [4.69, 9.17) is 4.74 Å². The number of carbonyl (C=O) groups is 3. The summed E-state index contributed by atoms with van der Waals surface area (Å²) in [5.41, 5.74) is -0.404. The van der Waals surface area contributed by atoms with Gasteiger partial charge in [0.2, 0.25) is 11.8 Å². The van der Waals surface area contributed by atoms with Gasteiger partial charge in [0.25, 0.3) is 0 Å². The molecular weight excluding hydrogens is 320 g/mol. The van der Waals surface area contributed by atoms with Crippen LogP contribution in [0.15, 0.2) is 0 Å². The van der Waals surface area contributed by atoms with Crippen molar-refractivity contribution in [3.8, 4) is 0 Å². The van der Waals surface area contributed by atoms with Crippen LogP contribution in [0.4, 0.5) is 0 Å². The Morgan fingerprint density at radius 1 is 1.20 bits per heavy atom. The van der Waals surface area contributed by atoms with Crippen LogP contribution in [0.25, 0.3) is 0 Å². The van der Waals surface area contributed by atoms with Crippen molar-refractivity contribution < 1.29 is 19.1 Å². The molecule has 1 aliphatic carbocycles. The summed E-state index contributed by atoms with van der Waals surface area (Å²) >= 11 is 0. The summed E-state index contributed by atoms with van der Waals surface area (Å²) in [4.78, 5) is 39.4. The summed E-state index contributed by atoms with van der Waals surface area (Å²) in [6.45, 7) is 14.1. The van der Waals surface area contributed by atoms with Gasteiger partial charge in [-0.1, -0.05) is 48.5 Å². The zero-order valence-corrected chi connectivity index (χ0v) is 16.7. The molecule has 0 aromatic heterocycles. The zero-order valence-electron chi connectivity index (χ0n) is 16.7. The number of esters is 1. The normalized spacial score (nSPS) is 28.4. The van der Waals surface area contributed by atoms with E-state index in [0.29, 0.717) is 12.5 Å². The summed E-state index contributed by atoms with van der Waals surface area (Å²) in [6, 6.07) is -1.23. The second-order valence-corrected chi connectivity index (χ2v) is 9.37. The average Bonchev–Trinajstić information content (AvgIpc) is 2.87. The highest BCUT2D eigenvalue weighted by Crippen LogP contribution is 2.65. The molecule has 0 spiro atoms. The minimum atomic E-state index is -0.671. The summed E-state index contributed by atoms with van der Waals surface area (Å²) in [6.07, 6.45) is 0. The molecule has 1 heterocycles. The van der Waals surface area contributed by atoms with E-state index >= 15 is 0 Å². The van der Waals surface area contributed by atoms with Gasteiger partial charge >= 0.3 is 5.97 Å². The Kier molecular flexibility index (Phi) is 4.96. The molecule has 1 aliphatic heterocycles. The minimum absolute atomic E-state index is 0.0496. The van der Waals surface area contributed by atoms with Crippen LogP contribution in [0.5, 0.6) is 0 Å². The molecule has 0 unspecified atom stereocenters. The minimum Gasteiger partial charge on any atom is -0.467 e. The van der Waals surface area contributed by atoms with Crippen molar-refractivity contribution in [2.24, 2.45) is 28.6 Å². The number of fused-ring (bicyclic) bond motifs is 1. The molecule has 0 bridgehead atoms. The Labute approximate surface area is 150 Å². The second kappa shape index (κ2) is 6.29. The fourth-order valence-electron chi connectivity index (χ4n) is 4.03. The molecule has 142 valence electrons. The maximum absolute atomic E-state index is 13.3. The first-order chi connectivity index (χ1) is 11.3. The van der Waals surface area contributed by atoms with E-state index in [1.54, 1.807) is 18.7 Å². The van der Waals surface area contributed by atoms with Crippen molar-refractivity contribution in [1.82, 2.24) is 10.2 Å². The lowest BCUT2D eigenvalue weighted by Crippen LogP contribution is -2.58. The third-order valence-electron chi connectivity index (χ3n) is 5.86. The lowest BCUT2D eigenvalue weighted by atomic mass is 9.85. The number of ether oxygens (including phenoxy) is 1. The Bertz CT molecular complexity index is 576. The first kappa shape index (κ1) is 19.7. The third kappa shape index (κ3) is 3.40. The van der Waals surface area contributed by atoms with Gasteiger partial charge in [0.15, 0.2) is 0 Å². The topological polar surface area (TPSA) is 75.7 Å². The molecule has 6 heteroatoms. The molecule has 2 fully saturated rings. The molecule has 25 heavy (non-hydrogen) atoms.